The summed E-state index contributed by atoms with van der Waals surface area (Å²) in [5.74, 6) is -0.328. The molecule has 138 valence electrons. The molecule has 1 heterocycles. The Morgan fingerprint density at radius 2 is 2.08 bits per heavy atom. The molecule has 0 aliphatic carbocycles. The van der Waals surface area contributed by atoms with E-state index in [1.54, 1.807) is 11.0 Å². The second-order valence-corrected chi connectivity index (χ2v) is 8.19. The number of hydrogen-bond acceptors (Lipinski definition) is 4. The molecule has 1 aromatic rings. The van der Waals surface area contributed by atoms with Crippen LogP contribution in [0, 0.1) is 0 Å². The monoisotopic (exact) mass is 367 g/mol. The first-order chi connectivity index (χ1) is 11.7. The third kappa shape index (κ3) is 5.02. The van der Waals surface area contributed by atoms with E-state index in [9.17, 15) is 18.0 Å². The highest BCUT2D eigenvalue weighted by Crippen LogP contribution is 2.22. The topological polar surface area (TPSA) is 86.8 Å². The summed E-state index contributed by atoms with van der Waals surface area (Å²) in [6.45, 7) is 4.88. The van der Waals surface area contributed by atoms with Gasteiger partial charge < -0.3 is 10.2 Å². The van der Waals surface area contributed by atoms with Crippen molar-refractivity contribution in [1.29, 1.82) is 0 Å². The van der Waals surface area contributed by atoms with Crippen LogP contribution in [0.4, 0.5) is 5.69 Å². The molecule has 1 aliphatic rings. The van der Waals surface area contributed by atoms with Gasteiger partial charge in [-0.2, -0.15) is 4.31 Å². The van der Waals surface area contributed by atoms with Crippen LogP contribution in [-0.4, -0.2) is 54.8 Å². The van der Waals surface area contributed by atoms with Crippen molar-refractivity contribution in [2.75, 3.05) is 24.7 Å². The standard InChI is InChI=1S/C17H25N3O4S/c1-4-19(13(2)21)12-14-7-5-8-15(11-14)18-17(22)16-9-6-10-20(16)25(3,23)24/h5,7-8,11,16H,4,6,9-10,12H2,1-3H3,(H,18,22). The van der Waals surface area contributed by atoms with Crippen LogP contribution in [0.2, 0.25) is 0 Å². The molecule has 25 heavy (non-hydrogen) atoms. The minimum atomic E-state index is -3.40. The third-order valence-electron chi connectivity index (χ3n) is 4.33. The minimum absolute atomic E-state index is 0.00770. The van der Waals surface area contributed by atoms with Crippen molar-refractivity contribution in [3.63, 3.8) is 0 Å². The summed E-state index contributed by atoms with van der Waals surface area (Å²) in [5, 5.41) is 2.80. The first-order valence-corrected chi connectivity index (χ1v) is 10.2. The molecule has 2 rings (SSSR count). The van der Waals surface area contributed by atoms with E-state index in [4.69, 9.17) is 0 Å². The Labute approximate surface area is 149 Å². The SMILES string of the molecule is CCN(Cc1cccc(NC(=O)C2CCCN2S(C)(=O)=O)c1)C(C)=O. The molecular weight excluding hydrogens is 342 g/mol. The Kier molecular flexibility index (Phi) is 6.18. The number of carbonyl (C=O) groups is 2. The molecule has 1 unspecified atom stereocenters. The lowest BCUT2D eigenvalue weighted by Crippen LogP contribution is -2.42. The van der Waals surface area contributed by atoms with E-state index in [0.29, 0.717) is 38.2 Å². The van der Waals surface area contributed by atoms with Crippen LogP contribution in [0.25, 0.3) is 0 Å². The zero-order valence-electron chi connectivity index (χ0n) is 14.9. The van der Waals surface area contributed by atoms with Crippen LogP contribution >= 0.6 is 0 Å². The lowest BCUT2D eigenvalue weighted by atomic mass is 10.1. The quantitative estimate of drug-likeness (QED) is 0.824. The van der Waals surface area contributed by atoms with Gasteiger partial charge in [-0.25, -0.2) is 8.42 Å². The second kappa shape index (κ2) is 7.97. The Morgan fingerprint density at radius 1 is 1.36 bits per heavy atom. The molecule has 0 aromatic heterocycles. The zero-order chi connectivity index (χ0) is 18.6. The Hall–Kier alpha value is -1.93. The molecule has 0 spiro atoms. The Balaban J connectivity index is 2.09. The van der Waals surface area contributed by atoms with Crippen molar-refractivity contribution in [2.45, 2.75) is 39.3 Å². The normalized spacial score (nSPS) is 18.1. The van der Waals surface area contributed by atoms with Gasteiger partial charge in [0.2, 0.25) is 21.8 Å². The maximum Gasteiger partial charge on any atom is 0.242 e. The van der Waals surface area contributed by atoms with Gasteiger partial charge in [0.1, 0.15) is 6.04 Å². The van der Waals surface area contributed by atoms with Gasteiger partial charge in [-0.1, -0.05) is 12.1 Å². The fraction of sp³-hybridized carbons (Fsp3) is 0.529. The fourth-order valence-corrected chi connectivity index (χ4v) is 4.16. The number of nitrogens with zero attached hydrogens (tertiary/aromatic N) is 2. The van der Waals surface area contributed by atoms with E-state index in [1.807, 2.05) is 25.1 Å². The van der Waals surface area contributed by atoms with Crippen molar-refractivity contribution < 1.29 is 18.0 Å². The van der Waals surface area contributed by atoms with E-state index in [1.165, 1.54) is 11.2 Å². The number of hydrogen-bond donors (Lipinski definition) is 1. The van der Waals surface area contributed by atoms with Crippen LogP contribution < -0.4 is 5.32 Å². The molecule has 0 bridgehead atoms. The average molecular weight is 367 g/mol. The predicted molar refractivity (Wildman–Crippen MR) is 96.4 cm³/mol. The van der Waals surface area contributed by atoms with Crippen molar-refractivity contribution in [3.05, 3.63) is 29.8 Å². The summed E-state index contributed by atoms with van der Waals surface area (Å²) in [6.07, 6.45) is 2.32. The van der Waals surface area contributed by atoms with Gasteiger partial charge in [-0.05, 0) is 37.5 Å². The highest BCUT2D eigenvalue weighted by atomic mass is 32.2. The summed E-state index contributed by atoms with van der Waals surface area (Å²) in [5.41, 5.74) is 1.50. The van der Waals surface area contributed by atoms with Crippen molar-refractivity contribution in [2.24, 2.45) is 0 Å². The smallest absolute Gasteiger partial charge is 0.242 e. The lowest BCUT2D eigenvalue weighted by Gasteiger charge is -2.22. The van der Waals surface area contributed by atoms with Crippen molar-refractivity contribution in [1.82, 2.24) is 9.21 Å². The zero-order valence-corrected chi connectivity index (χ0v) is 15.7. The van der Waals surface area contributed by atoms with Crippen molar-refractivity contribution >= 4 is 27.5 Å². The van der Waals surface area contributed by atoms with Gasteiger partial charge in [-0.3, -0.25) is 9.59 Å². The first-order valence-electron chi connectivity index (χ1n) is 8.34. The number of anilines is 1. The van der Waals surface area contributed by atoms with Crippen LogP contribution in [0.15, 0.2) is 24.3 Å². The van der Waals surface area contributed by atoms with E-state index in [0.717, 1.165) is 11.8 Å². The van der Waals surface area contributed by atoms with Crippen LogP contribution in [0.5, 0.6) is 0 Å². The van der Waals surface area contributed by atoms with Gasteiger partial charge in [0.25, 0.3) is 0 Å². The number of nitrogens with one attached hydrogen (secondary N) is 1. The molecule has 0 saturated carbocycles. The van der Waals surface area contributed by atoms with Crippen molar-refractivity contribution in [3.8, 4) is 0 Å². The Bertz CT molecular complexity index is 748. The molecule has 1 aliphatic heterocycles. The largest absolute Gasteiger partial charge is 0.339 e. The molecule has 1 fully saturated rings. The van der Waals surface area contributed by atoms with Gasteiger partial charge in [0.15, 0.2) is 0 Å². The summed E-state index contributed by atoms with van der Waals surface area (Å²) in [7, 11) is -3.40. The number of sulfonamides is 1. The maximum atomic E-state index is 12.5. The highest BCUT2D eigenvalue weighted by molar-refractivity contribution is 7.88. The first kappa shape index (κ1) is 19.4. The van der Waals surface area contributed by atoms with E-state index >= 15 is 0 Å². The summed E-state index contributed by atoms with van der Waals surface area (Å²) < 4.78 is 24.8. The van der Waals surface area contributed by atoms with E-state index in [2.05, 4.69) is 5.32 Å². The molecule has 1 atom stereocenters. The van der Waals surface area contributed by atoms with Crippen LogP contribution in [0.3, 0.4) is 0 Å². The number of benzene rings is 1. The molecule has 8 heteroatoms. The van der Waals surface area contributed by atoms with E-state index < -0.39 is 16.1 Å². The van der Waals surface area contributed by atoms with E-state index in [-0.39, 0.29) is 11.8 Å². The molecule has 1 N–H and O–H groups in total. The maximum absolute atomic E-state index is 12.5. The summed E-state index contributed by atoms with van der Waals surface area (Å²) in [6, 6.07) is 6.60. The summed E-state index contributed by atoms with van der Waals surface area (Å²) >= 11 is 0. The van der Waals surface area contributed by atoms with Crippen LogP contribution in [-0.2, 0) is 26.2 Å². The third-order valence-corrected chi connectivity index (χ3v) is 5.62. The predicted octanol–water partition coefficient (Wildman–Crippen LogP) is 1.42. The molecule has 0 radical (unpaired) electrons. The van der Waals surface area contributed by atoms with Gasteiger partial charge in [-0.15, -0.1) is 0 Å². The van der Waals surface area contributed by atoms with Gasteiger partial charge in [0, 0.05) is 32.2 Å². The molecular formula is C17H25N3O4S. The number of amides is 2. The van der Waals surface area contributed by atoms with Gasteiger partial charge in [0.05, 0.1) is 6.26 Å². The molecule has 2 amide bonds. The molecule has 1 saturated heterocycles. The molecule has 7 nitrogen and oxygen atoms in total. The van der Waals surface area contributed by atoms with Crippen LogP contribution in [0.1, 0.15) is 32.3 Å². The average Bonchev–Trinajstić information content (AvgIpc) is 3.02. The second-order valence-electron chi connectivity index (χ2n) is 6.25. The number of carbonyl (C=O) groups excluding carboxylic acids is 2. The fourth-order valence-electron chi connectivity index (χ4n) is 3.04. The Morgan fingerprint density at radius 3 is 2.68 bits per heavy atom. The van der Waals surface area contributed by atoms with Gasteiger partial charge >= 0.3 is 0 Å². The highest BCUT2D eigenvalue weighted by Gasteiger charge is 2.36. The number of rotatable bonds is 6. The molecule has 1 aromatic carbocycles. The minimum Gasteiger partial charge on any atom is -0.339 e. The summed E-state index contributed by atoms with van der Waals surface area (Å²) in [4.78, 5) is 25.7. The lowest BCUT2D eigenvalue weighted by molar-refractivity contribution is -0.129.